The van der Waals surface area contributed by atoms with Gasteiger partial charge in [-0.1, -0.05) is 0 Å². The van der Waals surface area contributed by atoms with Crippen LogP contribution in [0.4, 0.5) is 0 Å². The van der Waals surface area contributed by atoms with Crippen LogP contribution in [0.5, 0.6) is 0 Å². The molecule has 0 aromatic heterocycles. The maximum atomic E-state index is 11.3. The van der Waals surface area contributed by atoms with Gasteiger partial charge >= 0.3 is 5.97 Å². The summed E-state index contributed by atoms with van der Waals surface area (Å²) in [6.07, 6.45) is 1.83. The molecule has 13 heavy (non-hydrogen) atoms. The molecular formula is C9H17NO3. The highest BCUT2D eigenvalue weighted by molar-refractivity contribution is 5.72. The zero-order valence-corrected chi connectivity index (χ0v) is 7.99. The second-order valence-electron chi connectivity index (χ2n) is 3.32. The Balaban J connectivity index is 2.48. The first-order valence-corrected chi connectivity index (χ1v) is 4.65. The minimum atomic E-state index is -0.186. The highest BCUT2D eigenvalue weighted by atomic mass is 16.5. The quantitative estimate of drug-likeness (QED) is 0.639. The van der Waals surface area contributed by atoms with E-state index in [4.69, 9.17) is 15.2 Å². The monoisotopic (exact) mass is 187 g/mol. The minimum Gasteiger partial charge on any atom is -0.469 e. The Bertz CT molecular complexity index is 166. The van der Waals surface area contributed by atoms with Gasteiger partial charge in [0.2, 0.25) is 0 Å². The number of carbonyl (C=O) groups is 1. The number of rotatable bonds is 3. The number of hydrogen-bond acceptors (Lipinski definition) is 4. The number of carbonyl (C=O) groups excluding carboxylic acids is 1. The van der Waals surface area contributed by atoms with Gasteiger partial charge in [-0.3, -0.25) is 4.79 Å². The lowest BCUT2D eigenvalue weighted by molar-refractivity contribution is -0.148. The van der Waals surface area contributed by atoms with Crippen LogP contribution in [0.25, 0.3) is 0 Å². The maximum Gasteiger partial charge on any atom is 0.310 e. The highest BCUT2D eigenvalue weighted by Crippen LogP contribution is 2.23. The zero-order valence-electron chi connectivity index (χ0n) is 7.99. The van der Waals surface area contributed by atoms with E-state index in [0.717, 1.165) is 26.1 Å². The normalized spacial score (nSPS) is 21.1. The van der Waals surface area contributed by atoms with Crippen molar-refractivity contribution in [3.05, 3.63) is 0 Å². The number of nitrogens with two attached hydrogens (primary N) is 1. The van der Waals surface area contributed by atoms with Crippen LogP contribution in [0.15, 0.2) is 0 Å². The largest absolute Gasteiger partial charge is 0.469 e. The first-order chi connectivity index (χ1) is 6.29. The van der Waals surface area contributed by atoms with Crippen molar-refractivity contribution in [2.45, 2.75) is 12.8 Å². The topological polar surface area (TPSA) is 61.5 Å². The number of esters is 1. The van der Waals surface area contributed by atoms with Gasteiger partial charge in [0.15, 0.2) is 0 Å². The lowest BCUT2D eigenvalue weighted by Crippen LogP contribution is -2.35. The van der Waals surface area contributed by atoms with Gasteiger partial charge in [0.1, 0.15) is 0 Å². The predicted octanol–water partition coefficient (Wildman–Crippen LogP) is 0.161. The Morgan fingerprint density at radius 2 is 2.23 bits per heavy atom. The average molecular weight is 187 g/mol. The molecule has 4 nitrogen and oxygen atoms in total. The summed E-state index contributed by atoms with van der Waals surface area (Å²) in [6.45, 7) is 1.84. The van der Waals surface area contributed by atoms with Crippen LogP contribution in [0.1, 0.15) is 12.8 Å². The van der Waals surface area contributed by atoms with Crippen molar-refractivity contribution in [2.75, 3.05) is 26.9 Å². The summed E-state index contributed by atoms with van der Waals surface area (Å²) < 4.78 is 9.91. The lowest BCUT2D eigenvalue weighted by Gasteiger charge is -2.27. The van der Waals surface area contributed by atoms with Crippen molar-refractivity contribution < 1.29 is 14.3 Å². The van der Waals surface area contributed by atoms with Crippen LogP contribution in [0.2, 0.25) is 0 Å². The van der Waals surface area contributed by atoms with E-state index in [-0.39, 0.29) is 11.9 Å². The lowest BCUT2D eigenvalue weighted by atomic mass is 9.86. The van der Waals surface area contributed by atoms with Gasteiger partial charge in [-0.2, -0.15) is 0 Å². The highest BCUT2D eigenvalue weighted by Gasteiger charge is 2.29. The van der Waals surface area contributed by atoms with Gasteiger partial charge < -0.3 is 15.2 Å². The van der Waals surface area contributed by atoms with E-state index in [1.807, 2.05) is 0 Å². The smallest absolute Gasteiger partial charge is 0.310 e. The van der Waals surface area contributed by atoms with E-state index in [1.165, 1.54) is 7.11 Å². The summed E-state index contributed by atoms with van der Waals surface area (Å²) in [7, 11) is 1.41. The number of hydrogen-bond donors (Lipinski definition) is 1. The summed E-state index contributed by atoms with van der Waals surface area (Å²) in [6, 6.07) is 0. The predicted molar refractivity (Wildman–Crippen MR) is 48.1 cm³/mol. The van der Waals surface area contributed by atoms with Crippen molar-refractivity contribution in [3.63, 3.8) is 0 Å². The molecule has 0 aliphatic carbocycles. The third-order valence-electron chi connectivity index (χ3n) is 2.59. The number of ether oxygens (including phenoxy) is 2. The summed E-state index contributed by atoms with van der Waals surface area (Å²) in [4.78, 5) is 11.3. The molecule has 2 N–H and O–H groups in total. The van der Waals surface area contributed by atoms with Gasteiger partial charge in [-0.25, -0.2) is 0 Å². The third kappa shape index (κ3) is 2.67. The zero-order chi connectivity index (χ0) is 9.68. The SMILES string of the molecule is COC(=O)C(CN)C1CCOCC1. The van der Waals surface area contributed by atoms with Gasteiger partial charge in [0.25, 0.3) is 0 Å². The minimum absolute atomic E-state index is 0.145. The van der Waals surface area contributed by atoms with Crippen LogP contribution in [0, 0.1) is 11.8 Å². The molecule has 76 valence electrons. The molecule has 0 spiro atoms. The Morgan fingerprint density at radius 3 is 2.69 bits per heavy atom. The standard InChI is InChI=1S/C9H17NO3/c1-12-9(11)8(6-10)7-2-4-13-5-3-7/h7-8H,2-6,10H2,1H3. The van der Waals surface area contributed by atoms with Crippen molar-refractivity contribution in [1.29, 1.82) is 0 Å². The fourth-order valence-electron chi connectivity index (χ4n) is 1.75. The van der Waals surface area contributed by atoms with Crippen molar-refractivity contribution in [1.82, 2.24) is 0 Å². The molecule has 1 aliphatic rings. The van der Waals surface area contributed by atoms with E-state index in [9.17, 15) is 4.79 Å². The van der Waals surface area contributed by atoms with Crippen LogP contribution in [0.3, 0.4) is 0 Å². The van der Waals surface area contributed by atoms with Gasteiger partial charge in [0, 0.05) is 19.8 Å². The molecule has 0 aromatic carbocycles. The average Bonchev–Trinajstić information content (AvgIpc) is 2.20. The maximum absolute atomic E-state index is 11.3. The molecule has 1 heterocycles. The van der Waals surface area contributed by atoms with Crippen LogP contribution in [-0.4, -0.2) is 32.8 Å². The van der Waals surface area contributed by atoms with Crippen LogP contribution in [-0.2, 0) is 14.3 Å². The van der Waals surface area contributed by atoms with E-state index >= 15 is 0 Å². The molecule has 1 saturated heterocycles. The number of methoxy groups -OCH3 is 1. The molecule has 1 aliphatic heterocycles. The second-order valence-corrected chi connectivity index (χ2v) is 3.32. The Kier molecular flexibility index (Phi) is 4.18. The van der Waals surface area contributed by atoms with E-state index in [0.29, 0.717) is 12.5 Å². The summed E-state index contributed by atoms with van der Waals surface area (Å²) in [5.74, 6) is 0.00880. The van der Waals surface area contributed by atoms with Crippen molar-refractivity contribution in [3.8, 4) is 0 Å². The van der Waals surface area contributed by atoms with Crippen LogP contribution >= 0.6 is 0 Å². The first-order valence-electron chi connectivity index (χ1n) is 4.65. The Hall–Kier alpha value is -0.610. The molecule has 0 aromatic rings. The van der Waals surface area contributed by atoms with Crippen LogP contribution < -0.4 is 5.73 Å². The summed E-state index contributed by atoms with van der Waals surface area (Å²) in [5, 5.41) is 0. The molecule has 1 rings (SSSR count). The van der Waals surface area contributed by atoms with Gasteiger partial charge in [-0.15, -0.1) is 0 Å². The molecule has 1 atom stereocenters. The van der Waals surface area contributed by atoms with Gasteiger partial charge in [0.05, 0.1) is 13.0 Å². The molecule has 1 unspecified atom stereocenters. The molecule has 0 bridgehead atoms. The molecule has 1 fully saturated rings. The fourth-order valence-corrected chi connectivity index (χ4v) is 1.75. The van der Waals surface area contributed by atoms with Crippen molar-refractivity contribution >= 4 is 5.97 Å². The third-order valence-corrected chi connectivity index (χ3v) is 2.59. The molecule has 0 radical (unpaired) electrons. The van der Waals surface area contributed by atoms with E-state index in [2.05, 4.69) is 0 Å². The second kappa shape index (κ2) is 5.19. The first kappa shape index (κ1) is 10.5. The Morgan fingerprint density at radius 1 is 1.62 bits per heavy atom. The molecular weight excluding hydrogens is 170 g/mol. The van der Waals surface area contributed by atoms with E-state index < -0.39 is 0 Å². The van der Waals surface area contributed by atoms with Gasteiger partial charge in [-0.05, 0) is 18.8 Å². The molecule has 0 saturated carbocycles. The summed E-state index contributed by atoms with van der Waals surface area (Å²) >= 11 is 0. The summed E-state index contributed by atoms with van der Waals surface area (Å²) in [5.41, 5.74) is 5.54. The van der Waals surface area contributed by atoms with Crippen molar-refractivity contribution in [2.24, 2.45) is 17.6 Å². The molecule has 0 amide bonds. The Labute approximate surface area is 78.4 Å². The van der Waals surface area contributed by atoms with E-state index in [1.54, 1.807) is 0 Å². The fraction of sp³-hybridized carbons (Fsp3) is 0.889. The molecule has 4 heteroatoms.